The fourth-order valence-electron chi connectivity index (χ4n) is 4.98. The van der Waals surface area contributed by atoms with Gasteiger partial charge in [-0.05, 0) is 49.2 Å². The SMILES string of the molecule is OCCN1CCN(c2cc(-c3cccc(OC(F)(F)F)c3)nc3ccc(N4CCCC4)cc23)CC1. The molecule has 0 spiro atoms. The predicted molar refractivity (Wildman–Crippen MR) is 131 cm³/mol. The second kappa shape index (κ2) is 9.91. The molecule has 9 heteroatoms. The molecule has 0 unspecified atom stereocenters. The molecule has 0 atom stereocenters. The molecular weight excluding hydrogens is 457 g/mol. The van der Waals surface area contributed by atoms with Gasteiger partial charge in [-0.3, -0.25) is 4.90 Å². The van der Waals surface area contributed by atoms with Gasteiger partial charge in [0.15, 0.2) is 0 Å². The molecule has 3 aromatic rings. The average molecular weight is 487 g/mol. The van der Waals surface area contributed by atoms with E-state index in [4.69, 9.17) is 4.98 Å². The number of β-amino-alcohol motifs (C(OH)–C–C–N with tert-alkyl or cyclic N) is 1. The van der Waals surface area contributed by atoms with Gasteiger partial charge in [-0.25, -0.2) is 4.98 Å². The number of ether oxygens (including phenoxy) is 1. The predicted octanol–water partition coefficient (Wildman–Crippen LogP) is 4.51. The molecule has 0 amide bonds. The molecule has 35 heavy (non-hydrogen) atoms. The van der Waals surface area contributed by atoms with Gasteiger partial charge in [0, 0.05) is 68.1 Å². The van der Waals surface area contributed by atoms with Crippen LogP contribution in [0.2, 0.25) is 0 Å². The lowest BCUT2D eigenvalue weighted by molar-refractivity contribution is -0.274. The highest BCUT2D eigenvalue weighted by molar-refractivity contribution is 5.96. The Balaban J connectivity index is 1.55. The lowest BCUT2D eigenvalue weighted by Crippen LogP contribution is -2.47. The summed E-state index contributed by atoms with van der Waals surface area (Å²) in [6, 6.07) is 14.2. The Hall–Kier alpha value is -3.04. The smallest absolute Gasteiger partial charge is 0.406 e. The van der Waals surface area contributed by atoms with E-state index in [0.717, 1.165) is 55.9 Å². The fraction of sp³-hybridized carbons (Fsp3) is 0.423. The van der Waals surface area contributed by atoms with Crippen LogP contribution in [-0.2, 0) is 0 Å². The summed E-state index contributed by atoms with van der Waals surface area (Å²) in [5, 5.41) is 10.3. The summed E-state index contributed by atoms with van der Waals surface area (Å²) < 4.78 is 42.5. The summed E-state index contributed by atoms with van der Waals surface area (Å²) in [6.07, 6.45) is -2.38. The largest absolute Gasteiger partial charge is 0.573 e. The first-order chi connectivity index (χ1) is 16.9. The van der Waals surface area contributed by atoms with Crippen molar-refractivity contribution in [3.05, 3.63) is 48.5 Å². The number of piperazine rings is 1. The summed E-state index contributed by atoms with van der Waals surface area (Å²) >= 11 is 0. The molecule has 0 bridgehead atoms. The lowest BCUT2D eigenvalue weighted by Gasteiger charge is -2.36. The van der Waals surface area contributed by atoms with Crippen molar-refractivity contribution in [3.63, 3.8) is 0 Å². The van der Waals surface area contributed by atoms with Crippen LogP contribution in [0.15, 0.2) is 48.5 Å². The number of aromatic nitrogens is 1. The monoisotopic (exact) mass is 486 g/mol. The van der Waals surface area contributed by atoms with E-state index in [-0.39, 0.29) is 12.4 Å². The molecule has 2 aliphatic heterocycles. The van der Waals surface area contributed by atoms with Crippen molar-refractivity contribution >= 4 is 22.3 Å². The zero-order chi connectivity index (χ0) is 24.4. The van der Waals surface area contributed by atoms with Crippen LogP contribution >= 0.6 is 0 Å². The Morgan fingerprint density at radius 3 is 2.37 bits per heavy atom. The van der Waals surface area contributed by atoms with E-state index < -0.39 is 6.36 Å². The molecule has 2 fully saturated rings. The molecule has 0 saturated carbocycles. The summed E-state index contributed by atoms with van der Waals surface area (Å²) in [5.41, 5.74) is 4.17. The highest BCUT2D eigenvalue weighted by Gasteiger charge is 2.31. The number of aliphatic hydroxyl groups excluding tert-OH is 1. The maximum absolute atomic E-state index is 12.8. The Morgan fingerprint density at radius 2 is 1.66 bits per heavy atom. The molecule has 186 valence electrons. The number of anilines is 2. The molecule has 0 aliphatic carbocycles. The van der Waals surface area contributed by atoms with E-state index in [1.807, 2.05) is 12.1 Å². The topological polar surface area (TPSA) is 52.1 Å². The van der Waals surface area contributed by atoms with Crippen molar-refractivity contribution in [1.82, 2.24) is 9.88 Å². The van der Waals surface area contributed by atoms with Gasteiger partial charge >= 0.3 is 6.36 Å². The van der Waals surface area contributed by atoms with Gasteiger partial charge in [0.1, 0.15) is 5.75 Å². The average Bonchev–Trinajstić information content (AvgIpc) is 3.38. The summed E-state index contributed by atoms with van der Waals surface area (Å²) in [5.74, 6) is -0.263. The number of hydrogen-bond acceptors (Lipinski definition) is 6. The third-order valence-electron chi connectivity index (χ3n) is 6.73. The van der Waals surface area contributed by atoms with Crippen LogP contribution in [0, 0.1) is 0 Å². The van der Waals surface area contributed by atoms with E-state index in [2.05, 4.69) is 31.6 Å². The zero-order valence-electron chi connectivity index (χ0n) is 19.5. The first-order valence-electron chi connectivity index (χ1n) is 12.0. The molecule has 0 radical (unpaired) electrons. The Bertz CT molecular complexity index is 1170. The molecular formula is C26H29F3N4O2. The van der Waals surface area contributed by atoms with E-state index in [1.165, 1.54) is 30.7 Å². The minimum atomic E-state index is -4.75. The summed E-state index contributed by atoms with van der Waals surface area (Å²) in [6.45, 7) is 6.13. The van der Waals surface area contributed by atoms with Crippen LogP contribution in [0.3, 0.4) is 0 Å². The van der Waals surface area contributed by atoms with Crippen LogP contribution in [0.5, 0.6) is 5.75 Å². The normalized spacial score (nSPS) is 17.4. The van der Waals surface area contributed by atoms with E-state index >= 15 is 0 Å². The zero-order valence-corrected chi connectivity index (χ0v) is 19.5. The van der Waals surface area contributed by atoms with Crippen molar-refractivity contribution in [1.29, 1.82) is 0 Å². The van der Waals surface area contributed by atoms with Crippen molar-refractivity contribution in [2.45, 2.75) is 19.2 Å². The molecule has 2 saturated heterocycles. The number of alkyl halides is 3. The number of fused-ring (bicyclic) bond motifs is 1. The lowest BCUT2D eigenvalue weighted by atomic mass is 10.1. The third-order valence-corrected chi connectivity index (χ3v) is 6.73. The maximum Gasteiger partial charge on any atom is 0.573 e. The van der Waals surface area contributed by atoms with Gasteiger partial charge in [-0.2, -0.15) is 0 Å². The number of benzene rings is 2. The molecule has 6 nitrogen and oxygen atoms in total. The van der Waals surface area contributed by atoms with E-state index in [9.17, 15) is 18.3 Å². The number of halogens is 3. The highest BCUT2D eigenvalue weighted by Crippen LogP contribution is 2.36. The number of nitrogens with zero attached hydrogens (tertiary/aromatic N) is 4. The fourth-order valence-corrected chi connectivity index (χ4v) is 4.98. The molecule has 3 heterocycles. The Morgan fingerprint density at radius 1 is 0.886 bits per heavy atom. The molecule has 1 N–H and O–H groups in total. The van der Waals surface area contributed by atoms with Crippen LogP contribution in [-0.4, -0.2) is 73.8 Å². The van der Waals surface area contributed by atoms with E-state index in [1.54, 1.807) is 12.1 Å². The minimum Gasteiger partial charge on any atom is -0.406 e. The Kier molecular flexibility index (Phi) is 6.71. The standard InChI is InChI=1S/C26H29F3N4O2/c27-26(28,29)35-21-5-3-4-19(16-21)24-18-25(33-12-10-31(11-13-33)14-15-34)22-17-20(6-7-23(22)30-24)32-8-1-2-9-32/h3-7,16-18,34H,1-2,8-15H2. The second-order valence-corrected chi connectivity index (χ2v) is 9.05. The first-order valence-corrected chi connectivity index (χ1v) is 12.0. The van der Waals surface area contributed by atoms with Gasteiger partial charge in [0.25, 0.3) is 0 Å². The number of pyridine rings is 1. The van der Waals surface area contributed by atoms with Gasteiger partial charge in [0.05, 0.1) is 17.8 Å². The second-order valence-electron chi connectivity index (χ2n) is 9.05. The third kappa shape index (κ3) is 5.46. The van der Waals surface area contributed by atoms with E-state index in [0.29, 0.717) is 17.8 Å². The number of rotatable bonds is 6. The van der Waals surface area contributed by atoms with Gasteiger partial charge in [-0.1, -0.05) is 12.1 Å². The van der Waals surface area contributed by atoms with Gasteiger partial charge < -0.3 is 19.6 Å². The van der Waals surface area contributed by atoms with Crippen molar-refractivity contribution < 1.29 is 23.0 Å². The summed E-state index contributed by atoms with van der Waals surface area (Å²) in [4.78, 5) is 11.7. The van der Waals surface area contributed by atoms with Crippen LogP contribution in [0.4, 0.5) is 24.5 Å². The summed E-state index contributed by atoms with van der Waals surface area (Å²) in [7, 11) is 0. The Labute approximate surface area is 202 Å². The molecule has 5 rings (SSSR count). The highest BCUT2D eigenvalue weighted by atomic mass is 19.4. The quantitative estimate of drug-likeness (QED) is 0.553. The number of hydrogen-bond donors (Lipinski definition) is 1. The number of aliphatic hydroxyl groups is 1. The first kappa shape index (κ1) is 23.7. The van der Waals surface area contributed by atoms with Crippen LogP contribution < -0.4 is 14.5 Å². The maximum atomic E-state index is 12.8. The van der Waals surface area contributed by atoms with Crippen molar-refractivity contribution in [2.24, 2.45) is 0 Å². The van der Waals surface area contributed by atoms with Crippen LogP contribution in [0.1, 0.15) is 12.8 Å². The molecule has 1 aromatic heterocycles. The van der Waals surface area contributed by atoms with Gasteiger partial charge in [0.2, 0.25) is 0 Å². The van der Waals surface area contributed by atoms with Crippen LogP contribution in [0.25, 0.3) is 22.2 Å². The van der Waals surface area contributed by atoms with Crippen molar-refractivity contribution in [3.8, 4) is 17.0 Å². The van der Waals surface area contributed by atoms with Gasteiger partial charge in [-0.15, -0.1) is 13.2 Å². The van der Waals surface area contributed by atoms with Crippen molar-refractivity contribution in [2.75, 3.05) is 62.2 Å². The minimum absolute atomic E-state index is 0.137. The molecule has 2 aliphatic rings. The molecule has 2 aromatic carbocycles.